The predicted octanol–water partition coefficient (Wildman–Crippen LogP) is 5.47. The number of hydrogen-bond donors (Lipinski definition) is 3. The molecule has 0 heterocycles. The molecular formula is C16H12BrCl3IN3OS. The minimum absolute atomic E-state index is 0.191. The number of halogens is 5. The van der Waals surface area contributed by atoms with Gasteiger partial charge in [0, 0.05) is 13.6 Å². The molecule has 0 unspecified atom stereocenters. The van der Waals surface area contributed by atoms with E-state index < -0.39 is 15.9 Å². The summed E-state index contributed by atoms with van der Waals surface area (Å²) in [5.74, 6) is -0.395. The Bertz CT molecular complexity index is 802. The molecule has 0 aliphatic carbocycles. The summed E-state index contributed by atoms with van der Waals surface area (Å²) in [6, 6.07) is 14.4. The van der Waals surface area contributed by atoms with E-state index in [1.54, 1.807) is 12.1 Å². The lowest BCUT2D eigenvalue weighted by Gasteiger charge is -2.28. The standard InChI is InChI=1S/C16H12BrCl3IN3OS/c17-11-3-1-2-4-12(11)22-15(26)24-14(16(18,19)20)23-13(25)9-5-7-10(21)8-6-9/h1-8,14H,(H,23,25)(H2,22,24,26)/t14-/m1/s1. The highest BCUT2D eigenvalue weighted by Crippen LogP contribution is 2.29. The smallest absolute Gasteiger partial charge is 0.252 e. The highest BCUT2D eigenvalue weighted by atomic mass is 127. The summed E-state index contributed by atoms with van der Waals surface area (Å²) in [5.41, 5.74) is 1.17. The van der Waals surface area contributed by atoms with Crippen molar-refractivity contribution in [3.8, 4) is 0 Å². The van der Waals surface area contributed by atoms with Gasteiger partial charge in [0.1, 0.15) is 6.17 Å². The molecule has 0 saturated carbocycles. The van der Waals surface area contributed by atoms with E-state index in [4.69, 9.17) is 47.0 Å². The first-order chi connectivity index (χ1) is 12.2. The second-order valence-corrected chi connectivity index (χ2v) is 9.91. The maximum absolute atomic E-state index is 12.4. The van der Waals surface area contributed by atoms with Gasteiger partial charge in [0.2, 0.25) is 3.79 Å². The van der Waals surface area contributed by atoms with Gasteiger partial charge in [-0.25, -0.2) is 0 Å². The number of para-hydroxylation sites is 1. The number of amides is 1. The molecule has 2 rings (SSSR count). The number of thiocarbonyl (C=S) groups is 1. The van der Waals surface area contributed by atoms with Crippen LogP contribution in [0.1, 0.15) is 10.4 Å². The largest absolute Gasteiger partial charge is 0.339 e. The molecule has 2 aromatic carbocycles. The van der Waals surface area contributed by atoms with Crippen LogP contribution in [0.4, 0.5) is 5.69 Å². The van der Waals surface area contributed by atoms with E-state index in [9.17, 15) is 4.79 Å². The molecule has 0 radical (unpaired) electrons. The summed E-state index contributed by atoms with van der Waals surface area (Å²) in [7, 11) is 0. The molecule has 138 valence electrons. The Morgan fingerprint density at radius 1 is 1.08 bits per heavy atom. The second-order valence-electron chi connectivity index (χ2n) is 5.03. The molecule has 1 atom stereocenters. The van der Waals surface area contributed by atoms with E-state index in [1.807, 2.05) is 36.4 Å². The van der Waals surface area contributed by atoms with E-state index >= 15 is 0 Å². The fraction of sp³-hybridized carbons (Fsp3) is 0.125. The van der Waals surface area contributed by atoms with Crippen LogP contribution >= 0.6 is 85.5 Å². The minimum Gasteiger partial charge on any atom is -0.339 e. The normalized spacial score (nSPS) is 12.2. The van der Waals surface area contributed by atoms with E-state index in [0.717, 1.165) is 13.7 Å². The number of hydrogen-bond acceptors (Lipinski definition) is 2. The van der Waals surface area contributed by atoms with Crippen molar-refractivity contribution in [2.24, 2.45) is 0 Å². The molecule has 0 bridgehead atoms. The third kappa shape index (κ3) is 6.69. The molecule has 0 fully saturated rings. The van der Waals surface area contributed by atoms with Crippen LogP contribution in [0.15, 0.2) is 53.0 Å². The molecule has 4 nitrogen and oxygen atoms in total. The van der Waals surface area contributed by atoms with Crippen molar-refractivity contribution in [2.75, 3.05) is 5.32 Å². The Hall–Kier alpha value is -0.320. The lowest BCUT2D eigenvalue weighted by atomic mass is 10.2. The van der Waals surface area contributed by atoms with Crippen molar-refractivity contribution in [1.29, 1.82) is 0 Å². The molecular weight excluding hydrogens is 595 g/mol. The second kappa shape index (κ2) is 9.75. The van der Waals surface area contributed by atoms with Gasteiger partial charge in [-0.15, -0.1) is 0 Å². The van der Waals surface area contributed by atoms with Gasteiger partial charge in [-0.2, -0.15) is 0 Å². The van der Waals surface area contributed by atoms with Crippen LogP contribution in [-0.2, 0) is 0 Å². The van der Waals surface area contributed by atoms with Crippen molar-refractivity contribution >= 4 is 102 Å². The van der Waals surface area contributed by atoms with Crippen LogP contribution in [0.3, 0.4) is 0 Å². The van der Waals surface area contributed by atoms with Crippen LogP contribution < -0.4 is 16.0 Å². The van der Waals surface area contributed by atoms with E-state index in [0.29, 0.717) is 5.56 Å². The summed E-state index contributed by atoms with van der Waals surface area (Å²) >= 11 is 28.8. The SMILES string of the molecule is O=C(N[C@H](NC(=S)Nc1ccccc1Br)C(Cl)(Cl)Cl)c1ccc(I)cc1. The van der Waals surface area contributed by atoms with Crippen molar-refractivity contribution in [3.05, 3.63) is 62.1 Å². The number of anilines is 1. The van der Waals surface area contributed by atoms with E-state index in [-0.39, 0.29) is 5.11 Å². The Balaban J connectivity index is 2.07. The molecule has 10 heteroatoms. The van der Waals surface area contributed by atoms with Crippen molar-refractivity contribution in [2.45, 2.75) is 9.96 Å². The Morgan fingerprint density at radius 2 is 1.69 bits per heavy atom. The molecule has 3 N–H and O–H groups in total. The van der Waals surface area contributed by atoms with Crippen LogP contribution in [-0.4, -0.2) is 21.0 Å². The van der Waals surface area contributed by atoms with Gasteiger partial charge >= 0.3 is 0 Å². The first-order valence-electron chi connectivity index (χ1n) is 7.12. The van der Waals surface area contributed by atoms with Gasteiger partial charge in [0.25, 0.3) is 5.91 Å². The minimum atomic E-state index is -1.82. The van der Waals surface area contributed by atoms with Gasteiger partial charge in [0.05, 0.1) is 5.69 Å². The zero-order valence-electron chi connectivity index (χ0n) is 12.9. The summed E-state index contributed by atoms with van der Waals surface area (Å²) in [4.78, 5) is 12.4. The molecule has 2 aromatic rings. The van der Waals surface area contributed by atoms with Crippen LogP contribution in [0.5, 0.6) is 0 Å². The summed E-state index contributed by atoms with van der Waals surface area (Å²) in [5, 5.41) is 8.62. The van der Waals surface area contributed by atoms with Crippen LogP contribution in [0.25, 0.3) is 0 Å². The highest BCUT2D eigenvalue weighted by molar-refractivity contribution is 14.1. The average molecular weight is 608 g/mol. The number of benzene rings is 2. The lowest BCUT2D eigenvalue weighted by Crippen LogP contribution is -2.56. The molecule has 0 spiro atoms. The zero-order chi connectivity index (χ0) is 19.3. The average Bonchev–Trinajstić information content (AvgIpc) is 2.56. The zero-order valence-corrected chi connectivity index (χ0v) is 19.7. The van der Waals surface area contributed by atoms with Crippen molar-refractivity contribution in [1.82, 2.24) is 10.6 Å². The molecule has 1 amide bonds. The summed E-state index contributed by atoms with van der Waals surface area (Å²) < 4.78 is 0.00458. The maximum Gasteiger partial charge on any atom is 0.252 e. The Labute approximate surface area is 193 Å². The third-order valence-electron chi connectivity index (χ3n) is 3.11. The van der Waals surface area contributed by atoms with E-state index in [1.165, 1.54) is 0 Å². The summed E-state index contributed by atoms with van der Waals surface area (Å²) in [6.45, 7) is 0. The number of alkyl halides is 3. The lowest BCUT2D eigenvalue weighted by molar-refractivity contribution is 0.0934. The van der Waals surface area contributed by atoms with Crippen LogP contribution in [0, 0.1) is 3.57 Å². The van der Waals surface area contributed by atoms with Crippen LogP contribution in [0.2, 0.25) is 0 Å². The number of carbonyl (C=O) groups excluding carboxylic acids is 1. The fourth-order valence-corrected chi connectivity index (χ4v) is 3.17. The quantitative estimate of drug-likeness (QED) is 0.187. The first-order valence-corrected chi connectivity index (χ1v) is 10.5. The highest BCUT2D eigenvalue weighted by Gasteiger charge is 2.34. The molecule has 0 aromatic heterocycles. The molecule has 0 aliphatic rings. The van der Waals surface area contributed by atoms with Crippen molar-refractivity contribution in [3.63, 3.8) is 0 Å². The topological polar surface area (TPSA) is 53.2 Å². The number of carbonyl (C=O) groups is 1. The van der Waals surface area contributed by atoms with Gasteiger partial charge in [-0.1, -0.05) is 46.9 Å². The molecule has 26 heavy (non-hydrogen) atoms. The Morgan fingerprint density at radius 3 is 2.27 bits per heavy atom. The predicted molar refractivity (Wildman–Crippen MR) is 124 cm³/mol. The number of rotatable bonds is 4. The first kappa shape index (κ1) is 22.0. The fourth-order valence-electron chi connectivity index (χ4n) is 1.87. The van der Waals surface area contributed by atoms with Gasteiger partial charge in [0.15, 0.2) is 5.11 Å². The molecule has 0 aliphatic heterocycles. The Kier molecular flexibility index (Phi) is 8.24. The third-order valence-corrected chi connectivity index (χ3v) is 5.39. The summed E-state index contributed by atoms with van der Waals surface area (Å²) in [6.07, 6.45) is -1.04. The van der Waals surface area contributed by atoms with Crippen molar-refractivity contribution < 1.29 is 4.79 Å². The monoisotopic (exact) mass is 605 g/mol. The van der Waals surface area contributed by atoms with Gasteiger partial charge in [-0.3, -0.25) is 4.79 Å². The molecule has 0 saturated heterocycles. The van der Waals surface area contributed by atoms with E-state index in [2.05, 4.69) is 54.5 Å². The van der Waals surface area contributed by atoms with Gasteiger partial charge in [-0.05, 0) is 87.1 Å². The van der Waals surface area contributed by atoms with Gasteiger partial charge < -0.3 is 16.0 Å². The maximum atomic E-state index is 12.4. The number of nitrogens with one attached hydrogen (secondary N) is 3.